The fourth-order valence-corrected chi connectivity index (χ4v) is 5.59. The van der Waals surface area contributed by atoms with Gasteiger partial charge in [-0.3, -0.25) is 15.0 Å². The Balaban J connectivity index is 1.38. The molecule has 37 heavy (non-hydrogen) atoms. The highest BCUT2D eigenvalue weighted by molar-refractivity contribution is 7.16. The lowest BCUT2D eigenvalue weighted by Gasteiger charge is -2.27. The second-order valence-corrected chi connectivity index (χ2v) is 9.70. The van der Waals surface area contributed by atoms with Gasteiger partial charge in [-0.15, -0.1) is 11.3 Å². The minimum atomic E-state index is -0.438. The summed E-state index contributed by atoms with van der Waals surface area (Å²) in [6.07, 6.45) is 2.35. The van der Waals surface area contributed by atoms with Crippen LogP contribution in [0.4, 0.5) is 10.7 Å². The van der Waals surface area contributed by atoms with Crippen LogP contribution in [0.3, 0.4) is 0 Å². The first-order chi connectivity index (χ1) is 18.0. The monoisotopic (exact) mass is 515 g/mol. The molecule has 0 amide bonds. The molecule has 4 aromatic rings. The van der Waals surface area contributed by atoms with E-state index in [4.69, 9.17) is 9.15 Å². The van der Waals surface area contributed by atoms with Crippen molar-refractivity contribution >= 4 is 34.2 Å². The predicted octanol–water partition coefficient (Wildman–Crippen LogP) is 6.40. The Labute approximate surface area is 218 Å². The summed E-state index contributed by atoms with van der Waals surface area (Å²) in [4.78, 5) is 31.5. The van der Waals surface area contributed by atoms with Crippen molar-refractivity contribution in [1.29, 1.82) is 0 Å². The highest BCUT2D eigenvalue weighted by Crippen LogP contribution is 2.40. The molecule has 0 N–H and O–H groups in total. The number of nitrogens with zero attached hydrogens (tertiary/aromatic N) is 3. The zero-order chi connectivity index (χ0) is 25.8. The van der Waals surface area contributed by atoms with E-state index < -0.39 is 4.92 Å². The maximum atomic E-state index is 12.9. The second kappa shape index (κ2) is 10.9. The second-order valence-electron chi connectivity index (χ2n) is 8.61. The van der Waals surface area contributed by atoms with Crippen LogP contribution in [-0.2, 0) is 24.2 Å². The van der Waals surface area contributed by atoms with Crippen LogP contribution in [0.2, 0.25) is 0 Å². The molecule has 2 aromatic heterocycles. The van der Waals surface area contributed by atoms with Crippen molar-refractivity contribution in [1.82, 2.24) is 4.90 Å². The average molecular weight is 516 g/mol. The van der Waals surface area contributed by atoms with E-state index in [-0.39, 0.29) is 11.7 Å². The maximum absolute atomic E-state index is 12.9. The normalized spacial score (nSPS) is 13.5. The lowest BCUT2D eigenvalue weighted by Crippen LogP contribution is -2.29. The summed E-state index contributed by atoms with van der Waals surface area (Å²) in [5, 5.41) is 11.5. The Hall–Kier alpha value is -4.08. The predicted molar refractivity (Wildman–Crippen MR) is 143 cm³/mol. The quantitative estimate of drug-likeness (QED) is 0.117. The third-order valence-corrected chi connectivity index (χ3v) is 7.27. The molecule has 0 radical (unpaired) electrons. The molecule has 0 atom stereocenters. The van der Waals surface area contributed by atoms with Gasteiger partial charge in [0.25, 0.3) is 5.69 Å². The molecule has 0 spiro atoms. The molecule has 1 aliphatic heterocycles. The molecule has 0 saturated carbocycles. The number of furan rings is 1. The lowest BCUT2D eigenvalue weighted by atomic mass is 10.0. The van der Waals surface area contributed by atoms with Crippen molar-refractivity contribution < 1.29 is 18.9 Å². The Morgan fingerprint density at radius 2 is 1.95 bits per heavy atom. The minimum absolute atomic E-state index is 0.0209. The Kier molecular flexibility index (Phi) is 7.25. The molecule has 8 nitrogen and oxygen atoms in total. The summed E-state index contributed by atoms with van der Waals surface area (Å²) in [6.45, 7) is 4.55. The van der Waals surface area contributed by atoms with E-state index in [0.717, 1.165) is 42.1 Å². The van der Waals surface area contributed by atoms with Crippen molar-refractivity contribution in [3.63, 3.8) is 0 Å². The number of carbonyl (C=O) groups excluding carboxylic acids is 1. The van der Waals surface area contributed by atoms with Crippen LogP contribution in [0.1, 0.15) is 39.0 Å². The standard InChI is InChI=1S/C28H25N3O5S/c1-2-35-28(32)26-23-14-15-30(17-19-6-4-3-5-7-19)18-25(23)37-27(26)29-16-22-12-13-24(36-22)20-8-10-21(11-9-20)31(33)34/h3-13,16H,2,14-15,17-18H2,1H3. The fraction of sp³-hybridized carbons (Fsp3) is 0.214. The van der Waals surface area contributed by atoms with E-state index in [2.05, 4.69) is 22.0 Å². The van der Waals surface area contributed by atoms with Gasteiger partial charge in [-0.1, -0.05) is 30.3 Å². The zero-order valence-electron chi connectivity index (χ0n) is 20.3. The Morgan fingerprint density at radius 1 is 1.16 bits per heavy atom. The first-order valence-corrected chi connectivity index (χ1v) is 12.8. The Morgan fingerprint density at radius 3 is 2.68 bits per heavy atom. The van der Waals surface area contributed by atoms with E-state index in [1.165, 1.54) is 29.0 Å². The lowest BCUT2D eigenvalue weighted by molar-refractivity contribution is -0.384. The summed E-state index contributed by atoms with van der Waals surface area (Å²) in [6, 6.07) is 20.1. The van der Waals surface area contributed by atoms with Gasteiger partial charge in [0.2, 0.25) is 0 Å². The number of carbonyl (C=O) groups is 1. The molecule has 1 aliphatic rings. The number of aliphatic imine (C=N–C) groups is 1. The molecule has 0 fully saturated rings. The van der Waals surface area contributed by atoms with Crippen molar-refractivity contribution in [3.05, 3.63) is 104 Å². The largest absolute Gasteiger partial charge is 0.462 e. The molecule has 0 bridgehead atoms. The third kappa shape index (κ3) is 5.52. The molecule has 0 unspecified atom stereocenters. The van der Waals surface area contributed by atoms with Gasteiger partial charge in [-0.25, -0.2) is 9.79 Å². The van der Waals surface area contributed by atoms with Gasteiger partial charge >= 0.3 is 5.97 Å². The molecule has 9 heteroatoms. The summed E-state index contributed by atoms with van der Waals surface area (Å²) >= 11 is 1.51. The smallest absolute Gasteiger partial charge is 0.341 e. The van der Waals surface area contributed by atoms with Crippen molar-refractivity contribution in [3.8, 4) is 11.3 Å². The number of fused-ring (bicyclic) bond motifs is 1. The summed E-state index contributed by atoms with van der Waals surface area (Å²) in [5.74, 6) is 0.735. The number of esters is 1. The van der Waals surface area contributed by atoms with E-state index in [9.17, 15) is 14.9 Å². The molecule has 0 saturated heterocycles. The van der Waals surface area contributed by atoms with Crippen molar-refractivity contribution in [2.24, 2.45) is 4.99 Å². The molecule has 188 valence electrons. The molecule has 0 aliphatic carbocycles. The topological polar surface area (TPSA) is 98.2 Å². The molecular weight excluding hydrogens is 490 g/mol. The van der Waals surface area contributed by atoms with E-state index in [1.54, 1.807) is 37.4 Å². The summed E-state index contributed by atoms with van der Waals surface area (Å²) < 4.78 is 11.3. The number of benzene rings is 2. The minimum Gasteiger partial charge on any atom is -0.462 e. The summed E-state index contributed by atoms with van der Waals surface area (Å²) in [5.41, 5.74) is 3.56. The Bertz CT molecular complexity index is 1440. The highest BCUT2D eigenvalue weighted by atomic mass is 32.1. The van der Waals surface area contributed by atoms with Gasteiger partial charge in [0.05, 0.1) is 23.3 Å². The molecule has 3 heterocycles. The number of nitro benzene ring substituents is 1. The number of hydrogen-bond acceptors (Lipinski definition) is 8. The average Bonchev–Trinajstić information content (AvgIpc) is 3.52. The number of hydrogen-bond donors (Lipinski definition) is 0. The van der Waals surface area contributed by atoms with Gasteiger partial charge in [0, 0.05) is 42.2 Å². The number of thiophene rings is 1. The molecule has 5 rings (SSSR count). The van der Waals surface area contributed by atoms with Crippen LogP contribution in [0.5, 0.6) is 0 Å². The third-order valence-electron chi connectivity index (χ3n) is 6.14. The number of ether oxygens (including phenoxy) is 1. The van der Waals surface area contributed by atoms with E-state index >= 15 is 0 Å². The fourth-order valence-electron chi connectivity index (χ4n) is 4.37. The molecular formula is C28H25N3O5S. The first kappa shape index (κ1) is 24.6. The van der Waals surface area contributed by atoms with Crippen molar-refractivity contribution in [2.45, 2.75) is 26.4 Å². The van der Waals surface area contributed by atoms with Gasteiger partial charge in [0.1, 0.15) is 16.5 Å². The number of non-ortho nitro benzene ring substituents is 1. The van der Waals surface area contributed by atoms with Crippen LogP contribution in [0.25, 0.3) is 11.3 Å². The van der Waals surface area contributed by atoms with Crippen LogP contribution in [0, 0.1) is 10.1 Å². The van der Waals surface area contributed by atoms with Crippen molar-refractivity contribution in [2.75, 3.05) is 13.2 Å². The highest BCUT2D eigenvalue weighted by Gasteiger charge is 2.28. The van der Waals surface area contributed by atoms with Gasteiger partial charge in [-0.2, -0.15) is 0 Å². The number of nitro groups is 1. The summed E-state index contributed by atoms with van der Waals surface area (Å²) in [7, 11) is 0. The van der Waals surface area contributed by atoms with Crippen LogP contribution in [0.15, 0.2) is 76.1 Å². The van der Waals surface area contributed by atoms with E-state index in [0.29, 0.717) is 28.7 Å². The van der Waals surface area contributed by atoms with Crippen LogP contribution >= 0.6 is 11.3 Å². The van der Waals surface area contributed by atoms with Gasteiger partial charge < -0.3 is 9.15 Å². The first-order valence-electron chi connectivity index (χ1n) is 12.0. The SMILES string of the molecule is CCOC(=O)c1c(N=Cc2ccc(-c3ccc([N+](=O)[O-])cc3)o2)sc2c1CCN(Cc1ccccc1)C2. The number of rotatable bonds is 8. The maximum Gasteiger partial charge on any atom is 0.341 e. The van der Waals surface area contributed by atoms with Gasteiger partial charge in [-0.05, 0) is 48.7 Å². The van der Waals surface area contributed by atoms with Crippen LogP contribution < -0.4 is 0 Å². The van der Waals surface area contributed by atoms with Gasteiger partial charge in [0.15, 0.2) is 0 Å². The van der Waals surface area contributed by atoms with Crippen LogP contribution in [-0.4, -0.2) is 35.2 Å². The molecule has 2 aromatic carbocycles. The van der Waals surface area contributed by atoms with E-state index in [1.807, 2.05) is 18.2 Å². The zero-order valence-corrected chi connectivity index (χ0v) is 21.1.